The smallest absolute Gasteiger partial charge is 0.189 e. The Kier molecular flexibility index (Phi) is 6.19. The minimum Gasteiger partial charge on any atom is -0.507 e. The van der Waals surface area contributed by atoms with Crippen LogP contribution in [0.15, 0.2) is 54.6 Å². The summed E-state index contributed by atoms with van der Waals surface area (Å²) >= 11 is 0. The number of benzene rings is 2. The first kappa shape index (κ1) is 17.8. The van der Waals surface area contributed by atoms with Gasteiger partial charge in [0.05, 0.1) is 0 Å². The van der Waals surface area contributed by atoms with E-state index in [0.29, 0.717) is 11.1 Å². The standard InChI is InChI=1S/C21H25NO2/c1-4-5-6-16-7-9-17(10-8-16)20(23)15-21(24)18-11-13-19(14-12-18)22(2)3/h7-15,24H,4-6H2,1-3H3/b21-15+. The summed E-state index contributed by atoms with van der Waals surface area (Å²) in [4.78, 5) is 14.3. The van der Waals surface area contributed by atoms with E-state index in [2.05, 4.69) is 6.92 Å². The molecule has 0 spiro atoms. The van der Waals surface area contributed by atoms with Gasteiger partial charge in [-0.25, -0.2) is 0 Å². The van der Waals surface area contributed by atoms with Gasteiger partial charge in [-0.15, -0.1) is 0 Å². The summed E-state index contributed by atoms with van der Waals surface area (Å²) in [7, 11) is 3.91. The molecule has 0 saturated carbocycles. The van der Waals surface area contributed by atoms with Crippen LogP contribution in [0.5, 0.6) is 0 Å². The molecule has 0 bridgehead atoms. The largest absolute Gasteiger partial charge is 0.507 e. The molecule has 0 aromatic heterocycles. The molecule has 0 aliphatic heterocycles. The van der Waals surface area contributed by atoms with Crippen molar-refractivity contribution in [3.63, 3.8) is 0 Å². The van der Waals surface area contributed by atoms with Crippen LogP contribution in [0.4, 0.5) is 5.69 Å². The number of anilines is 1. The van der Waals surface area contributed by atoms with E-state index >= 15 is 0 Å². The number of nitrogens with zero attached hydrogens (tertiary/aromatic N) is 1. The van der Waals surface area contributed by atoms with Crippen LogP contribution in [0.1, 0.15) is 41.3 Å². The number of aryl methyl sites for hydroxylation is 1. The topological polar surface area (TPSA) is 40.5 Å². The molecule has 0 aliphatic carbocycles. The van der Waals surface area contributed by atoms with Gasteiger partial charge in [0, 0.05) is 37.0 Å². The number of ketones is 1. The minimum atomic E-state index is -0.189. The zero-order valence-electron chi connectivity index (χ0n) is 14.6. The normalized spacial score (nSPS) is 11.4. The van der Waals surface area contributed by atoms with Crippen LogP contribution in [-0.2, 0) is 6.42 Å². The average Bonchev–Trinajstić information content (AvgIpc) is 2.60. The molecule has 0 unspecified atom stereocenters. The van der Waals surface area contributed by atoms with E-state index in [0.717, 1.165) is 24.9 Å². The Morgan fingerprint density at radius 2 is 1.58 bits per heavy atom. The molecule has 0 saturated heterocycles. The lowest BCUT2D eigenvalue weighted by atomic mass is 10.0. The Labute approximate surface area is 144 Å². The van der Waals surface area contributed by atoms with Gasteiger partial charge in [0.1, 0.15) is 5.76 Å². The third-order valence-electron chi connectivity index (χ3n) is 4.00. The maximum absolute atomic E-state index is 12.3. The van der Waals surface area contributed by atoms with Gasteiger partial charge in [0.15, 0.2) is 5.78 Å². The van der Waals surface area contributed by atoms with Gasteiger partial charge in [0.25, 0.3) is 0 Å². The van der Waals surface area contributed by atoms with Crippen molar-refractivity contribution in [1.82, 2.24) is 0 Å². The zero-order valence-corrected chi connectivity index (χ0v) is 14.6. The molecule has 0 heterocycles. The van der Waals surface area contributed by atoms with Crippen molar-refractivity contribution in [2.45, 2.75) is 26.2 Å². The van der Waals surface area contributed by atoms with Gasteiger partial charge in [-0.05, 0) is 42.7 Å². The van der Waals surface area contributed by atoms with Crippen LogP contribution in [0.25, 0.3) is 5.76 Å². The number of hydrogen-bond donors (Lipinski definition) is 1. The Morgan fingerprint density at radius 3 is 2.12 bits per heavy atom. The summed E-state index contributed by atoms with van der Waals surface area (Å²) in [5, 5.41) is 10.2. The summed E-state index contributed by atoms with van der Waals surface area (Å²) in [6.45, 7) is 2.16. The summed E-state index contributed by atoms with van der Waals surface area (Å²) in [5.41, 5.74) is 3.50. The van der Waals surface area contributed by atoms with Crippen LogP contribution in [0.3, 0.4) is 0 Å². The second-order valence-electron chi connectivity index (χ2n) is 6.14. The molecule has 1 N–H and O–H groups in total. The molecule has 2 aromatic carbocycles. The van der Waals surface area contributed by atoms with E-state index in [-0.39, 0.29) is 11.5 Å². The molecule has 0 amide bonds. The molecule has 3 nitrogen and oxygen atoms in total. The van der Waals surface area contributed by atoms with Crippen LogP contribution in [0, 0.1) is 0 Å². The van der Waals surface area contributed by atoms with Gasteiger partial charge in [0.2, 0.25) is 0 Å². The molecule has 126 valence electrons. The van der Waals surface area contributed by atoms with Gasteiger partial charge in [-0.1, -0.05) is 37.6 Å². The number of carbonyl (C=O) groups is 1. The average molecular weight is 323 g/mol. The van der Waals surface area contributed by atoms with Crippen molar-refractivity contribution in [2.24, 2.45) is 0 Å². The van der Waals surface area contributed by atoms with Crippen molar-refractivity contribution < 1.29 is 9.90 Å². The summed E-state index contributed by atoms with van der Waals surface area (Å²) in [6, 6.07) is 15.1. The third kappa shape index (κ3) is 4.72. The highest BCUT2D eigenvalue weighted by Crippen LogP contribution is 2.18. The minimum absolute atomic E-state index is 0.0136. The Balaban J connectivity index is 2.10. The van der Waals surface area contributed by atoms with Gasteiger partial charge >= 0.3 is 0 Å². The lowest BCUT2D eigenvalue weighted by molar-refractivity contribution is 0.104. The number of aliphatic hydroxyl groups excluding tert-OH is 1. The van der Waals surface area contributed by atoms with E-state index in [4.69, 9.17) is 0 Å². The number of unbranched alkanes of at least 4 members (excludes halogenated alkanes) is 1. The lowest BCUT2D eigenvalue weighted by Gasteiger charge is -2.12. The summed E-state index contributed by atoms with van der Waals surface area (Å²) in [6.07, 6.45) is 4.62. The van der Waals surface area contributed by atoms with E-state index in [9.17, 15) is 9.90 Å². The van der Waals surface area contributed by atoms with E-state index in [1.807, 2.05) is 67.5 Å². The second kappa shape index (κ2) is 8.34. The number of rotatable bonds is 7. The number of hydrogen-bond acceptors (Lipinski definition) is 3. The highest BCUT2D eigenvalue weighted by molar-refractivity contribution is 6.07. The van der Waals surface area contributed by atoms with Gasteiger partial charge in [-0.3, -0.25) is 4.79 Å². The maximum atomic E-state index is 12.3. The van der Waals surface area contributed by atoms with E-state index in [1.165, 1.54) is 11.6 Å². The first-order valence-corrected chi connectivity index (χ1v) is 8.33. The zero-order chi connectivity index (χ0) is 17.5. The van der Waals surface area contributed by atoms with E-state index in [1.54, 1.807) is 0 Å². The monoisotopic (exact) mass is 323 g/mol. The summed E-state index contributed by atoms with van der Waals surface area (Å²) < 4.78 is 0. The SMILES string of the molecule is CCCCc1ccc(C(=O)/C=C(/O)c2ccc(N(C)C)cc2)cc1. The van der Waals surface area contributed by atoms with Crippen molar-refractivity contribution in [2.75, 3.05) is 19.0 Å². The third-order valence-corrected chi connectivity index (χ3v) is 4.00. The highest BCUT2D eigenvalue weighted by Gasteiger charge is 2.07. The Hall–Kier alpha value is -2.55. The molecule has 0 radical (unpaired) electrons. The maximum Gasteiger partial charge on any atom is 0.189 e. The van der Waals surface area contributed by atoms with Gasteiger partial charge < -0.3 is 10.0 Å². The lowest BCUT2D eigenvalue weighted by Crippen LogP contribution is -2.08. The molecule has 24 heavy (non-hydrogen) atoms. The van der Waals surface area contributed by atoms with Crippen LogP contribution < -0.4 is 4.90 Å². The molecule has 3 heteroatoms. The number of allylic oxidation sites excluding steroid dienone is 1. The van der Waals surface area contributed by atoms with Crippen molar-refractivity contribution >= 4 is 17.2 Å². The molecule has 0 aliphatic rings. The molecule has 0 fully saturated rings. The van der Waals surface area contributed by atoms with Crippen molar-refractivity contribution in [1.29, 1.82) is 0 Å². The molecule has 2 rings (SSSR count). The molecule has 2 aromatic rings. The molecule has 0 atom stereocenters. The Morgan fingerprint density at radius 1 is 1.00 bits per heavy atom. The van der Waals surface area contributed by atoms with Crippen LogP contribution >= 0.6 is 0 Å². The van der Waals surface area contributed by atoms with E-state index < -0.39 is 0 Å². The predicted molar refractivity (Wildman–Crippen MR) is 101 cm³/mol. The van der Waals surface area contributed by atoms with Crippen molar-refractivity contribution in [3.05, 3.63) is 71.3 Å². The number of aliphatic hydroxyl groups is 1. The predicted octanol–water partition coefficient (Wildman–Crippen LogP) is 4.88. The molecular weight excluding hydrogens is 298 g/mol. The fourth-order valence-corrected chi connectivity index (χ4v) is 2.44. The fourth-order valence-electron chi connectivity index (χ4n) is 2.44. The first-order chi connectivity index (χ1) is 11.5. The van der Waals surface area contributed by atoms with Crippen LogP contribution in [-0.4, -0.2) is 25.0 Å². The van der Waals surface area contributed by atoms with Gasteiger partial charge in [-0.2, -0.15) is 0 Å². The first-order valence-electron chi connectivity index (χ1n) is 8.33. The quantitative estimate of drug-likeness (QED) is 0.448. The highest BCUT2D eigenvalue weighted by atomic mass is 16.3. The molecular formula is C21H25NO2. The Bertz CT molecular complexity index is 698. The fraction of sp³-hybridized carbons (Fsp3) is 0.286. The van der Waals surface area contributed by atoms with Crippen molar-refractivity contribution in [3.8, 4) is 0 Å². The second-order valence-corrected chi connectivity index (χ2v) is 6.14. The van der Waals surface area contributed by atoms with Crippen LogP contribution in [0.2, 0.25) is 0 Å². The number of carbonyl (C=O) groups excluding carboxylic acids is 1. The summed E-state index contributed by atoms with van der Waals surface area (Å²) in [5.74, 6) is -0.202.